The van der Waals surface area contributed by atoms with Gasteiger partial charge < -0.3 is 9.84 Å². The highest BCUT2D eigenvalue weighted by Gasteiger charge is 2.21. The van der Waals surface area contributed by atoms with Gasteiger partial charge in [0.25, 0.3) is 5.56 Å². The van der Waals surface area contributed by atoms with Crippen molar-refractivity contribution in [3.63, 3.8) is 0 Å². The topological polar surface area (TPSA) is 81.4 Å². The quantitative estimate of drug-likeness (QED) is 0.849. The summed E-state index contributed by atoms with van der Waals surface area (Å²) in [5.41, 5.74) is 0.463. The predicted octanol–water partition coefficient (Wildman–Crippen LogP) is 2.62. The van der Waals surface area contributed by atoms with Crippen LogP contribution >= 0.6 is 15.9 Å². The summed E-state index contributed by atoms with van der Waals surface area (Å²) in [6, 6.07) is 8.52. The molecule has 0 aliphatic carbocycles. The highest BCUT2D eigenvalue weighted by molar-refractivity contribution is 9.10. The molecule has 22 heavy (non-hydrogen) atoms. The van der Waals surface area contributed by atoms with Crippen molar-refractivity contribution < 1.29 is 14.6 Å². The van der Waals surface area contributed by atoms with Crippen LogP contribution in [-0.4, -0.2) is 20.6 Å². The van der Waals surface area contributed by atoms with Crippen LogP contribution in [0.15, 0.2) is 45.9 Å². The Balaban J connectivity index is 2.23. The molecule has 0 amide bonds. The fourth-order valence-electron chi connectivity index (χ4n) is 1.97. The smallest absolute Gasteiger partial charge is 0.326 e. The van der Waals surface area contributed by atoms with Crippen molar-refractivity contribution in [1.29, 1.82) is 0 Å². The molecule has 0 fully saturated rings. The summed E-state index contributed by atoms with van der Waals surface area (Å²) in [6.07, 6.45) is 1.49. The van der Waals surface area contributed by atoms with Crippen LogP contribution in [0.3, 0.4) is 0 Å². The van der Waals surface area contributed by atoms with Crippen molar-refractivity contribution in [1.82, 2.24) is 9.55 Å². The first-order valence-corrected chi connectivity index (χ1v) is 7.50. The molecule has 0 aliphatic heterocycles. The lowest BCUT2D eigenvalue weighted by atomic mass is 10.2. The van der Waals surface area contributed by atoms with E-state index in [0.29, 0.717) is 0 Å². The van der Waals surface area contributed by atoms with Crippen molar-refractivity contribution in [2.75, 3.05) is 0 Å². The summed E-state index contributed by atoms with van der Waals surface area (Å²) in [7, 11) is 0. The number of carboxylic acids is 1. The van der Waals surface area contributed by atoms with E-state index in [2.05, 4.69) is 20.9 Å². The number of benzene rings is 1. The minimum Gasteiger partial charge on any atom is -0.480 e. The molecule has 2 rings (SSSR count). The minimum absolute atomic E-state index is 0.116. The van der Waals surface area contributed by atoms with Crippen LogP contribution in [0, 0.1) is 0 Å². The molecule has 1 heterocycles. The molecular formula is C15H15BrN2O4. The van der Waals surface area contributed by atoms with Crippen LogP contribution in [0.4, 0.5) is 0 Å². The zero-order valence-electron chi connectivity index (χ0n) is 11.9. The molecule has 0 radical (unpaired) electrons. The first-order valence-electron chi connectivity index (χ1n) is 6.70. The standard InChI is InChI=1S/C15H15BrN2O4/c1-2-11(15(20)21)18-9-17-13(12(16)14(18)19)22-8-10-6-4-3-5-7-10/h3-7,9,11H,2,8H2,1H3,(H,20,21). The molecule has 2 aromatic rings. The van der Waals surface area contributed by atoms with Crippen LogP contribution in [-0.2, 0) is 11.4 Å². The SMILES string of the molecule is CCC(C(=O)O)n1cnc(OCc2ccccc2)c(Br)c1=O. The Hall–Kier alpha value is -2.15. The molecule has 0 spiro atoms. The van der Waals surface area contributed by atoms with Crippen LogP contribution in [0.2, 0.25) is 0 Å². The van der Waals surface area contributed by atoms with Gasteiger partial charge in [0.15, 0.2) is 0 Å². The van der Waals surface area contributed by atoms with E-state index in [-0.39, 0.29) is 23.4 Å². The van der Waals surface area contributed by atoms with E-state index in [1.54, 1.807) is 6.92 Å². The largest absolute Gasteiger partial charge is 0.480 e. The average Bonchev–Trinajstić information content (AvgIpc) is 2.52. The molecule has 1 aromatic carbocycles. The second kappa shape index (κ2) is 7.22. The molecule has 0 saturated heterocycles. The maximum Gasteiger partial charge on any atom is 0.326 e. The average molecular weight is 367 g/mol. The molecule has 1 atom stereocenters. The fourth-order valence-corrected chi connectivity index (χ4v) is 2.39. The number of aliphatic carboxylic acids is 1. The number of carbonyl (C=O) groups is 1. The molecule has 1 aromatic heterocycles. The van der Waals surface area contributed by atoms with Crippen LogP contribution in [0.25, 0.3) is 0 Å². The maximum atomic E-state index is 12.2. The highest BCUT2D eigenvalue weighted by Crippen LogP contribution is 2.20. The van der Waals surface area contributed by atoms with Crippen molar-refractivity contribution in [3.05, 3.63) is 57.0 Å². The van der Waals surface area contributed by atoms with Crippen molar-refractivity contribution in [3.8, 4) is 5.88 Å². The Morgan fingerprint density at radius 3 is 2.68 bits per heavy atom. The molecule has 1 N–H and O–H groups in total. The molecule has 0 saturated carbocycles. The molecule has 7 heteroatoms. The van der Waals surface area contributed by atoms with Crippen molar-refractivity contribution in [2.24, 2.45) is 0 Å². The second-order valence-corrected chi connectivity index (χ2v) is 5.41. The van der Waals surface area contributed by atoms with E-state index in [9.17, 15) is 9.59 Å². The first kappa shape index (κ1) is 16.2. The number of carboxylic acid groups (broad SMARTS) is 1. The zero-order valence-corrected chi connectivity index (χ0v) is 13.5. The number of nitrogens with zero attached hydrogens (tertiary/aromatic N) is 2. The van der Waals surface area contributed by atoms with Gasteiger partial charge in [-0.15, -0.1) is 0 Å². The fraction of sp³-hybridized carbons (Fsp3) is 0.267. The van der Waals surface area contributed by atoms with Gasteiger partial charge in [0.2, 0.25) is 5.88 Å². The lowest BCUT2D eigenvalue weighted by Crippen LogP contribution is -2.30. The van der Waals surface area contributed by atoms with Gasteiger partial charge >= 0.3 is 5.97 Å². The van der Waals surface area contributed by atoms with Gasteiger partial charge in [-0.1, -0.05) is 37.3 Å². The lowest BCUT2D eigenvalue weighted by Gasteiger charge is -2.14. The van der Waals surface area contributed by atoms with Gasteiger partial charge in [0, 0.05) is 0 Å². The Kier molecular flexibility index (Phi) is 5.32. The van der Waals surface area contributed by atoms with Crippen molar-refractivity contribution >= 4 is 21.9 Å². The zero-order chi connectivity index (χ0) is 16.1. The highest BCUT2D eigenvalue weighted by atomic mass is 79.9. The van der Waals surface area contributed by atoms with Gasteiger partial charge in [-0.3, -0.25) is 9.36 Å². The number of hydrogen-bond donors (Lipinski definition) is 1. The predicted molar refractivity (Wildman–Crippen MR) is 83.9 cm³/mol. The second-order valence-electron chi connectivity index (χ2n) is 4.61. The number of rotatable bonds is 6. The number of hydrogen-bond acceptors (Lipinski definition) is 4. The van der Waals surface area contributed by atoms with Gasteiger partial charge in [0.05, 0.1) is 0 Å². The van der Waals surface area contributed by atoms with Crippen LogP contribution in [0.5, 0.6) is 5.88 Å². The summed E-state index contributed by atoms with van der Waals surface area (Å²) in [4.78, 5) is 27.4. The van der Waals surface area contributed by atoms with Crippen LogP contribution in [0.1, 0.15) is 24.9 Å². The van der Waals surface area contributed by atoms with Gasteiger partial charge in [-0.05, 0) is 27.9 Å². The molecular weight excluding hydrogens is 352 g/mol. The summed E-state index contributed by atoms with van der Waals surface area (Å²) in [6.45, 7) is 1.96. The molecule has 1 unspecified atom stereocenters. The Labute approximate surface area is 135 Å². The third-order valence-electron chi connectivity index (χ3n) is 3.14. The Bertz CT molecular complexity index is 715. The third kappa shape index (κ3) is 3.54. The molecule has 116 valence electrons. The summed E-state index contributed by atoms with van der Waals surface area (Å²) < 4.78 is 6.72. The number of halogens is 1. The lowest BCUT2D eigenvalue weighted by molar-refractivity contribution is -0.141. The van der Waals surface area contributed by atoms with Gasteiger partial charge in [0.1, 0.15) is 23.4 Å². The van der Waals surface area contributed by atoms with Crippen LogP contribution < -0.4 is 10.3 Å². The summed E-state index contributed by atoms with van der Waals surface area (Å²) in [5, 5.41) is 9.13. The van der Waals surface area contributed by atoms with E-state index in [4.69, 9.17) is 9.84 Å². The minimum atomic E-state index is -1.07. The molecule has 0 bridgehead atoms. The molecule has 6 nitrogen and oxygen atoms in total. The van der Waals surface area contributed by atoms with E-state index >= 15 is 0 Å². The summed E-state index contributed by atoms with van der Waals surface area (Å²) >= 11 is 3.14. The Morgan fingerprint density at radius 1 is 1.41 bits per heavy atom. The third-order valence-corrected chi connectivity index (χ3v) is 3.81. The number of aromatic nitrogens is 2. The van der Waals surface area contributed by atoms with E-state index in [1.807, 2.05) is 30.3 Å². The summed E-state index contributed by atoms with van der Waals surface area (Å²) in [5.74, 6) is -0.929. The maximum absolute atomic E-state index is 12.2. The van der Waals surface area contributed by atoms with Crippen molar-refractivity contribution in [2.45, 2.75) is 26.0 Å². The van der Waals surface area contributed by atoms with E-state index < -0.39 is 17.6 Å². The normalized spacial score (nSPS) is 11.9. The number of ether oxygens (including phenoxy) is 1. The van der Waals surface area contributed by atoms with E-state index in [0.717, 1.165) is 10.1 Å². The molecule has 0 aliphatic rings. The monoisotopic (exact) mass is 366 g/mol. The van der Waals surface area contributed by atoms with Gasteiger partial charge in [-0.25, -0.2) is 9.78 Å². The van der Waals surface area contributed by atoms with E-state index in [1.165, 1.54) is 6.33 Å². The Morgan fingerprint density at radius 2 is 2.09 bits per heavy atom. The van der Waals surface area contributed by atoms with Gasteiger partial charge in [-0.2, -0.15) is 0 Å². The first-order chi connectivity index (χ1) is 10.5.